The van der Waals surface area contributed by atoms with Gasteiger partial charge >= 0.3 is 0 Å². The van der Waals surface area contributed by atoms with Crippen LogP contribution in [0.25, 0.3) is 0 Å². The molecule has 1 rings (SSSR count). The Bertz CT molecular complexity index is 430. The summed E-state index contributed by atoms with van der Waals surface area (Å²) in [6, 6.07) is 7.14. The predicted molar refractivity (Wildman–Crippen MR) is 64.3 cm³/mol. The third kappa shape index (κ3) is 3.48. The number of amides is 1. The molecule has 0 aromatic heterocycles. The first-order valence-corrected chi connectivity index (χ1v) is 5.26. The van der Waals surface area contributed by atoms with Crippen molar-refractivity contribution in [3.05, 3.63) is 29.8 Å². The smallest absolute Gasteiger partial charge is 0.223 e. The Morgan fingerprint density at radius 1 is 1.53 bits per heavy atom. The van der Waals surface area contributed by atoms with Gasteiger partial charge in [0.1, 0.15) is 5.75 Å². The highest BCUT2D eigenvalue weighted by atomic mass is 16.5. The van der Waals surface area contributed by atoms with Crippen LogP contribution in [-0.2, 0) is 4.79 Å². The molecule has 92 valence electrons. The van der Waals surface area contributed by atoms with Gasteiger partial charge < -0.3 is 15.7 Å². The molecule has 0 radical (unpaired) electrons. The second-order valence-electron chi connectivity index (χ2n) is 3.80. The number of nitrogens with zero attached hydrogens (tertiary/aromatic N) is 1. The Balaban J connectivity index is 2.81. The number of rotatable bonds is 5. The van der Waals surface area contributed by atoms with Crippen molar-refractivity contribution in [2.24, 2.45) is 16.8 Å². The predicted octanol–water partition coefficient (Wildman–Crippen LogP) is 1.39. The zero-order valence-corrected chi connectivity index (χ0v) is 9.88. The van der Waals surface area contributed by atoms with Crippen LogP contribution in [0.4, 0.5) is 0 Å². The maximum absolute atomic E-state index is 10.9. The Labute approximate surface area is 99.9 Å². The maximum Gasteiger partial charge on any atom is 0.223 e. The number of hydrogen-bond acceptors (Lipinski definition) is 4. The molecule has 5 nitrogen and oxygen atoms in total. The number of para-hydroxylation sites is 1. The normalized spacial score (nSPS) is 13.2. The first-order valence-electron chi connectivity index (χ1n) is 5.26. The van der Waals surface area contributed by atoms with Crippen molar-refractivity contribution in [1.82, 2.24) is 0 Å². The van der Waals surface area contributed by atoms with Gasteiger partial charge in [0, 0.05) is 5.56 Å². The van der Waals surface area contributed by atoms with Crippen LogP contribution < -0.4 is 10.5 Å². The quantitative estimate of drug-likeness (QED) is 0.460. The molecule has 0 heterocycles. The van der Waals surface area contributed by atoms with E-state index in [0.717, 1.165) is 0 Å². The van der Waals surface area contributed by atoms with E-state index in [4.69, 9.17) is 15.7 Å². The molecule has 0 saturated carbocycles. The minimum absolute atomic E-state index is 0.199. The van der Waals surface area contributed by atoms with E-state index in [1.54, 1.807) is 32.0 Å². The third-order valence-electron chi connectivity index (χ3n) is 2.40. The summed E-state index contributed by atoms with van der Waals surface area (Å²) in [5, 5.41) is 11.9. The van der Waals surface area contributed by atoms with Crippen LogP contribution in [0.5, 0.6) is 5.75 Å². The molecular weight excluding hydrogens is 220 g/mol. The van der Waals surface area contributed by atoms with E-state index in [2.05, 4.69) is 5.16 Å². The van der Waals surface area contributed by atoms with Crippen LogP contribution in [0.15, 0.2) is 29.4 Å². The highest BCUT2D eigenvalue weighted by Gasteiger charge is 2.12. The summed E-state index contributed by atoms with van der Waals surface area (Å²) in [6.45, 7) is 3.56. The SMILES string of the molecule is C/C(=N\O)c1ccccc1OCC(C)C(N)=O. The average molecular weight is 236 g/mol. The molecule has 0 aliphatic heterocycles. The van der Waals surface area contributed by atoms with Crippen LogP contribution in [0.1, 0.15) is 19.4 Å². The molecule has 0 aliphatic rings. The monoisotopic (exact) mass is 236 g/mol. The highest BCUT2D eigenvalue weighted by molar-refractivity contribution is 6.00. The van der Waals surface area contributed by atoms with Crippen molar-refractivity contribution in [1.29, 1.82) is 0 Å². The van der Waals surface area contributed by atoms with Crippen molar-refractivity contribution in [3.63, 3.8) is 0 Å². The van der Waals surface area contributed by atoms with Crippen LogP contribution >= 0.6 is 0 Å². The van der Waals surface area contributed by atoms with Gasteiger partial charge in [-0.25, -0.2) is 0 Å². The molecular formula is C12H16N2O3. The third-order valence-corrected chi connectivity index (χ3v) is 2.40. The van der Waals surface area contributed by atoms with Crippen molar-refractivity contribution < 1.29 is 14.7 Å². The van der Waals surface area contributed by atoms with E-state index in [9.17, 15) is 4.79 Å². The number of carbonyl (C=O) groups excluding carboxylic acids is 1. The van der Waals surface area contributed by atoms with E-state index < -0.39 is 5.91 Å². The summed E-state index contributed by atoms with van der Waals surface area (Å²) < 4.78 is 5.49. The molecule has 0 saturated heterocycles. The van der Waals surface area contributed by atoms with E-state index in [1.807, 2.05) is 6.07 Å². The summed E-state index contributed by atoms with van der Waals surface area (Å²) in [7, 11) is 0. The lowest BCUT2D eigenvalue weighted by Crippen LogP contribution is -2.26. The molecule has 0 aliphatic carbocycles. The molecule has 1 unspecified atom stereocenters. The number of carbonyl (C=O) groups is 1. The van der Waals surface area contributed by atoms with E-state index in [1.165, 1.54) is 0 Å². The van der Waals surface area contributed by atoms with Crippen molar-refractivity contribution in [2.75, 3.05) is 6.61 Å². The number of ether oxygens (including phenoxy) is 1. The second kappa shape index (κ2) is 5.89. The number of primary amides is 1. The van der Waals surface area contributed by atoms with Gasteiger partial charge in [-0.2, -0.15) is 0 Å². The zero-order valence-electron chi connectivity index (χ0n) is 9.88. The van der Waals surface area contributed by atoms with E-state index in [-0.39, 0.29) is 12.5 Å². The molecule has 17 heavy (non-hydrogen) atoms. The Kier molecular flexibility index (Phi) is 4.51. The Morgan fingerprint density at radius 2 is 2.18 bits per heavy atom. The summed E-state index contributed by atoms with van der Waals surface area (Å²) in [6.07, 6.45) is 0. The fourth-order valence-electron chi connectivity index (χ4n) is 1.24. The molecule has 0 spiro atoms. The molecule has 0 fully saturated rings. The fourth-order valence-corrected chi connectivity index (χ4v) is 1.24. The molecule has 1 aromatic carbocycles. The van der Waals surface area contributed by atoms with Crippen LogP contribution in [-0.4, -0.2) is 23.4 Å². The highest BCUT2D eigenvalue weighted by Crippen LogP contribution is 2.19. The second-order valence-corrected chi connectivity index (χ2v) is 3.80. The lowest BCUT2D eigenvalue weighted by Gasteiger charge is -2.13. The van der Waals surface area contributed by atoms with Gasteiger partial charge in [0.2, 0.25) is 5.91 Å². The van der Waals surface area contributed by atoms with Gasteiger partial charge in [0.05, 0.1) is 18.2 Å². The topological polar surface area (TPSA) is 84.9 Å². The number of nitrogens with two attached hydrogens (primary N) is 1. The molecule has 5 heteroatoms. The lowest BCUT2D eigenvalue weighted by atomic mass is 10.1. The number of oxime groups is 1. The minimum Gasteiger partial charge on any atom is -0.492 e. The van der Waals surface area contributed by atoms with Crippen LogP contribution in [0.3, 0.4) is 0 Å². The maximum atomic E-state index is 10.9. The number of hydrogen-bond donors (Lipinski definition) is 2. The summed E-state index contributed by atoms with van der Waals surface area (Å²) in [5.41, 5.74) is 6.28. The molecule has 0 bridgehead atoms. The Hall–Kier alpha value is -2.04. The lowest BCUT2D eigenvalue weighted by molar-refractivity contribution is -0.122. The van der Waals surface area contributed by atoms with Crippen LogP contribution in [0, 0.1) is 5.92 Å². The standard InChI is InChI=1S/C12H16N2O3/c1-8(12(13)15)7-17-11-6-4-3-5-10(11)9(2)14-16/h3-6,8,16H,7H2,1-2H3,(H2,13,15)/b14-9+. The first-order chi connectivity index (χ1) is 8.06. The van der Waals surface area contributed by atoms with Gasteiger partial charge in [-0.3, -0.25) is 4.79 Å². The van der Waals surface area contributed by atoms with Crippen molar-refractivity contribution >= 4 is 11.6 Å². The summed E-state index contributed by atoms with van der Waals surface area (Å²) in [5.74, 6) is -0.208. The van der Waals surface area contributed by atoms with Gasteiger partial charge in [-0.05, 0) is 19.1 Å². The minimum atomic E-state index is -0.407. The molecule has 3 N–H and O–H groups in total. The van der Waals surface area contributed by atoms with Crippen molar-refractivity contribution in [2.45, 2.75) is 13.8 Å². The van der Waals surface area contributed by atoms with Crippen LogP contribution in [0.2, 0.25) is 0 Å². The zero-order chi connectivity index (χ0) is 12.8. The van der Waals surface area contributed by atoms with Gasteiger partial charge in [0.25, 0.3) is 0 Å². The van der Waals surface area contributed by atoms with Gasteiger partial charge in [0.15, 0.2) is 0 Å². The fraction of sp³-hybridized carbons (Fsp3) is 0.333. The molecule has 1 aromatic rings. The van der Waals surface area contributed by atoms with E-state index >= 15 is 0 Å². The number of benzene rings is 1. The first kappa shape index (κ1) is 13.0. The summed E-state index contributed by atoms with van der Waals surface area (Å²) >= 11 is 0. The average Bonchev–Trinajstić information content (AvgIpc) is 2.35. The van der Waals surface area contributed by atoms with E-state index in [0.29, 0.717) is 17.0 Å². The van der Waals surface area contributed by atoms with Gasteiger partial charge in [-0.1, -0.05) is 24.2 Å². The summed E-state index contributed by atoms with van der Waals surface area (Å²) in [4.78, 5) is 10.9. The molecule has 1 amide bonds. The molecule has 1 atom stereocenters. The van der Waals surface area contributed by atoms with Crippen molar-refractivity contribution in [3.8, 4) is 5.75 Å². The largest absolute Gasteiger partial charge is 0.492 e. The van der Waals surface area contributed by atoms with Gasteiger partial charge in [-0.15, -0.1) is 0 Å². The Morgan fingerprint density at radius 3 is 2.76 bits per heavy atom.